The molecule has 0 aromatic heterocycles. The highest BCUT2D eigenvalue weighted by atomic mass is 16.5. The second kappa shape index (κ2) is 6.65. The third-order valence-corrected chi connectivity index (χ3v) is 4.30. The van der Waals surface area contributed by atoms with Crippen molar-refractivity contribution < 1.29 is 33.5 Å². The fourth-order valence-electron chi connectivity index (χ4n) is 2.80. The van der Waals surface area contributed by atoms with Crippen molar-refractivity contribution in [3.63, 3.8) is 0 Å². The van der Waals surface area contributed by atoms with Gasteiger partial charge in [0.1, 0.15) is 0 Å². The summed E-state index contributed by atoms with van der Waals surface area (Å²) >= 11 is 0. The fourth-order valence-corrected chi connectivity index (χ4v) is 2.80. The molecule has 0 bridgehead atoms. The van der Waals surface area contributed by atoms with Crippen LogP contribution in [0.5, 0.6) is 0 Å². The zero-order chi connectivity index (χ0) is 19.8. The lowest BCUT2D eigenvalue weighted by Crippen LogP contribution is -2.83. The molecular formula is C15H18N4O7. The van der Waals surface area contributed by atoms with Crippen LogP contribution in [0.25, 0.3) is 0 Å². The quantitative estimate of drug-likeness (QED) is 0.238. The predicted octanol–water partition coefficient (Wildman–Crippen LogP) is -2.22. The van der Waals surface area contributed by atoms with E-state index in [-0.39, 0.29) is 18.4 Å². The van der Waals surface area contributed by atoms with Gasteiger partial charge in [-0.25, -0.2) is 0 Å². The van der Waals surface area contributed by atoms with Gasteiger partial charge in [0, 0.05) is 27.2 Å². The average molecular weight is 366 g/mol. The highest BCUT2D eigenvalue weighted by Gasteiger charge is 2.79. The Morgan fingerprint density at radius 2 is 1.38 bits per heavy atom. The molecule has 0 aromatic rings. The number of rotatable bonds is 4. The van der Waals surface area contributed by atoms with Crippen molar-refractivity contribution in [2.24, 2.45) is 10.4 Å². The van der Waals surface area contributed by atoms with Crippen LogP contribution in [-0.4, -0.2) is 89.8 Å². The molecule has 0 aliphatic carbocycles. The number of carbonyl (C=O) groups is 6. The van der Waals surface area contributed by atoms with E-state index in [2.05, 4.69) is 4.99 Å². The van der Waals surface area contributed by atoms with Gasteiger partial charge in [-0.2, -0.15) is 0 Å². The van der Waals surface area contributed by atoms with Gasteiger partial charge in [-0.15, -0.1) is 0 Å². The van der Waals surface area contributed by atoms with E-state index in [0.717, 1.165) is 21.1 Å². The summed E-state index contributed by atoms with van der Waals surface area (Å²) in [6, 6.07) is 0. The van der Waals surface area contributed by atoms with Crippen LogP contribution < -0.4 is 0 Å². The van der Waals surface area contributed by atoms with Crippen molar-refractivity contribution >= 4 is 41.8 Å². The average Bonchev–Trinajstić information content (AvgIpc) is 2.63. The van der Waals surface area contributed by atoms with E-state index >= 15 is 0 Å². The van der Waals surface area contributed by atoms with Gasteiger partial charge in [0.2, 0.25) is 0 Å². The number of nitrogens with zero attached hydrogens (tertiary/aromatic N) is 4. The maximum absolute atomic E-state index is 11.4. The Kier molecular flexibility index (Phi) is 4.92. The molecule has 0 N–H and O–H groups in total. The smallest absolute Gasteiger partial charge is 0.284 e. The van der Waals surface area contributed by atoms with Gasteiger partial charge < -0.3 is 4.74 Å². The lowest BCUT2D eigenvalue weighted by molar-refractivity contribution is -0.198. The summed E-state index contributed by atoms with van der Waals surface area (Å²) in [7, 11) is 2.76. The van der Waals surface area contributed by atoms with Crippen LogP contribution >= 0.6 is 0 Å². The second-order valence-electron chi connectivity index (χ2n) is 5.57. The molecule has 0 radical (unpaired) electrons. The van der Waals surface area contributed by atoms with Crippen LogP contribution in [0.3, 0.4) is 0 Å². The first kappa shape index (κ1) is 19.2. The minimum Gasteiger partial charge on any atom is -0.460 e. The van der Waals surface area contributed by atoms with Crippen LogP contribution in [0.15, 0.2) is 4.99 Å². The molecule has 3 heterocycles. The van der Waals surface area contributed by atoms with E-state index < -0.39 is 35.1 Å². The van der Waals surface area contributed by atoms with E-state index in [9.17, 15) is 28.8 Å². The van der Waals surface area contributed by atoms with Gasteiger partial charge in [-0.05, 0) is 13.8 Å². The first-order valence-corrected chi connectivity index (χ1v) is 7.81. The monoisotopic (exact) mass is 366 g/mol. The summed E-state index contributed by atoms with van der Waals surface area (Å²) in [4.78, 5) is 73.8. The first-order chi connectivity index (χ1) is 12.2. The molecule has 140 valence electrons. The summed E-state index contributed by atoms with van der Waals surface area (Å²) in [5.41, 5.74) is -1.98. The number of hydrogen-bond donors (Lipinski definition) is 0. The maximum atomic E-state index is 11.4. The number of carbonyl (C=O) groups excluding carboxylic acids is 6. The molecule has 1 spiro atoms. The molecule has 3 aliphatic rings. The Balaban J connectivity index is 0.000000190. The molecule has 0 saturated carbocycles. The van der Waals surface area contributed by atoms with Gasteiger partial charge in [0.15, 0.2) is 6.40 Å². The van der Waals surface area contributed by atoms with Crippen LogP contribution in [-0.2, 0) is 33.5 Å². The van der Waals surface area contributed by atoms with Crippen LogP contribution in [0.4, 0.5) is 0 Å². The summed E-state index contributed by atoms with van der Waals surface area (Å²) < 4.78 is 4.75. The predicted molar refractivity (Wildman–Crippen MR) is 84.3 cm³/mol. The standard InChI is InChI=1S/C8H8N2O4.C7H10N2O3/c1-3-10-6(13)8(7(10)14)4(11)9(2)5(8)12;1-3-9-6(10)5(7(9)11)12-4-8-2/h3H2,1-2H3;4-5H,3H2,1-2H3. The summed E-state index contributed by atoms with van der Waals surface area (Å²) in [5, 5.41) is 0. The third-order valence-electron chi connectivity index (χ3n) is 4.30. The number of likely N-dealkylation sites (tertiary alicyclic amines) is 3. The number of ether oxygens (including phenoxy) is 1. The maximum Gasteiger partial charge on any atom is 0.284 e. The Bertz CT molecular complexity index is 694. The Morgan fingerprint density at radius 3 is 1.77 bits per heavy atom. The molecule has 3 saturated heterocycles. The van der Waals surface area contributed by atoms with Gasteiger partial charge in [-0.3, -0.25) is 48.5 Å². The Hall–Kier alpha value is -3.11. The number of likely N-dealkylation sites (N-methyl/N-ethyl adjacent to an activating group) is 1. The lowest BCUT2D eigenvalue weighted by atomic mass is 9.69. The minimum absolute atomic E-state index is 0.198. The second-order valence-corrected chi connectivity index (χ2v) is 5.57. The number of hydrogen-bond acceptors (Lipinski definition) is 8. The molecule has 26 heavy (non-hydrogen) atoms. The van der Waals surface area contributed by atoms with Gasteiger partial charge in [0.05, 0.1) is 0 Å². The molecule has 11 nitrogen and oxygen atoms in total. The SMILES string of the molecule is CCN1C(=O)C(OC=NC)C1=O.CCN1C(=O)C2(C(=O)N(C)C2=O)C1=O. The highest BCUT2D eigenvalue weighted by molar-refractivity contribution is 6.52. The number of aliphatic imine (C=N–C) groups is 1. The van der Waals surface area contributed by atoms with Crippen molar-refractivity contribution in [2.45, 2.75) is 20.0 Å². The van der Waals surface area contributed by atoms with Gasteiger partial charge >= 0.3 is 0 Å². The Morgan fingerprint density at radius 1 is 0.923 bits per heavy atom. The molecule has 11 heteroatoms. The normalized spacial score (nSPS) is 21.6. The lowest BCUT2D eigenvalue weighted by Gasteiger charge is -2.51. The minimum atomic E-state index is -1.98. The molecule has 3 rings (SSSR count). The largest absolute Gasteiger partial charge is 0.460 e. The third kappa shape index (κ3) is 2.23. The van der Waals surface area contributed by atoms with E-state index in [0.29, 0.717) is 6.54 Å². The first-order valence-electron chi connectivity index (χ1n) is 7.81. The van der Waals surface area contributed by atoms with Crippen LogP contribution in [0.2, 0.25) is 0 Å². The molecule has 3 aliphatic heterocycles. The molecular weight excluding hydrogens is 348 g/mol. The van der Waals surface area contributed by atoms with E-state index in [1.54, 1.807) is 13.8 Å². The fraction of sp³-hybridized carbons (Fsp3) is 0.533. The molecule has 0 aromatic carbocycles. The topological polar surface area (TPSA) is 134 Å². The van der Waals surface area contributed by atoms with Crippen LogP contribution in [0, 0.1) is 5.41 Å². The van der Waals surface area contributed by atoms with E-state index in [1.807, 2.05) is 0 Å². The van der Waals surface area contributed by atoms with Gasteiger partial charge in [-0.1, -0.05) is 0 Å². The van der Waals surface area contributed by atoms with Crippen molar-refractivity contribution in [1.82, 2.24) is 14.7 Å². The highest BCUT2D eigenvalue weighted by Crippen LogP contribution is 2.43. The zero-order valence-electron chi connectivity index (χ0n) is 14.7. The van der Waals surface area contributed by atoms with Crippen LogP contribution in [0.1, 0.15) is 13.8 Å². The number of β-lactam (4-membered cyclic amide) rings is 6. The number of amides is 6. The van der Waals surface area contributed by atoms with Crippen molar-refractivity contribution in [3.8, 4) is 0 Å². The summed E-state index contributed by atoms with van der Waals surface area (Å²) in [6.07, 6.45) is 0.154. The summed E-state index contributed by atoms with van der Waals surface area (Å²) in [6.45, 7) is 3.95. The molecule has 6 amide bonds. The van der Waals surface area contributed by atoms with Crippen molar-refractivity contribution in [2.75, 3.05) is 27.2 Å². The molecule has 0 unspecified atom stereocenters. The Labute approximate surface area is 148 Å². The number of imide groups is 3. The molecule has 0 atom stereocenters. The van der Waals surface area contributed by atoms with E-state index in [1.165, 1.54) is 14.1 Å². The molecule has 3 fully saturated rings. The zero-order valence-corrected chi connectivity index (χ0v) is 14.7. The van der Waals surface area contributed by atoms with Gasteiger partial charge in [0.25, 0.3) is 47.0 Å². The van der Waals surface area contributed by atoms with Crippen molar-refractivity contribution in [3.05, 3.63) is 0 Å². The summed E-state index contributed by atoms with van der Waals surface area (Å²) in [5.74, 6) is -3.36. The van der Waals surface area contributed by atoms with Crippen molar-refractivity contribution in [1.29, 1.82) is 0 Å². The van der Waals surface area contributed by atoms with E-state index in [4.69, 9.17) is 4.74 Å².